The summed E-state index contributed by atoms with van der Waals surface area (Å²) in [6.07, 6.45) is 1.96. The van der Waals surface area contributed by atoms with Gasteiger partial charge in [0.1, 0.15) is 0 Å². The number of nitrogens with one attached hydrogen (secondary N) is 1. The van der Waals surface area contributed by atoms with Crippen molar-refractivity contribution in [2.24, 2.45) is 0 Å². The van der Waals surface area contributed by atoms with Gasteiger partial charge in [-0.1, -0.05) is 0 Å². The van der Waals surface area contributed by atoms with Gasteiger partial charge >= 0.3 is 5.97 Å². The minimum atomic E-state index is -0.985. The van der Waals surface area contributed by atoms with Gasteiger partial charge in [0.25, 0.3) is 0 Å². The number of nitrogens with two attached hydrogens (primary N) is 1. The first-order valence-corrected chi connectivity index (χ1v) is 8.14. The van der Waals surface area contributed by atoms with Gasteiger partial charge in [-0.05, 0) is 87.6 Å². The number of carboxylic acids is 1. The molecule has 108 valence electrons. The average molecular weight is 506 g/mol. The summed E-state index contributed by atoms with van der Waals surface area (Å²) in [4.78, 5) is 13.6. The number of hydrogen-bond donors (Lipinski definition) is 3. The van der Waals surface area contributed by atoms with Crippen LogP contribution in [0.3, 0.4) is 0 Å². The lowest BCUT2D eigenvalue weighted by Gasteiger charge is -1.99. The number of benzene rings is 2. The molecular weight excluding hydrogens is 494 g/mol. The molecule has 0 unspecified atom stereocenters. The summed E-state index contributed by atoms with van der Waals surface area (Å²) in [5.41, 5.74) is 7.08. The molecule has 1 heterocycles. The molecule has 3 rings (SSSR count). The third-order valence-corrected chi connectivity index (χ3v) is 4.10. The number of fused-ring (bicyclic) bond motifs is 1. The minimum absolute atomic E-state index is 0.164. The third kappa shape index (κ3) is 4.34. The van der Waals surface area contributed by atoms with E-state index in [0.717, 1.165) is 3.57 Å². The van der Waals surface area contributed by atoms with Crippen LogP contribution < -0.4 is 5.73 Å². The van der Waals surface area contributed by atoms with Gasteiger partial charge in [-0.25, -0.2) is 4.79 Å². The normalized spacial score (nSPS) is 10.0. The first-order chi connectivity index (χ1) is 9.97. The molecule has 21 heavy (non-hydrogen) atoms. The standard InChI is InChI=1S/C8H6IN.C7H6INO2/c9-7-1-2-8-6(5-7)3-4-10-8;8-4-1-2-6(9)5(3-4)7(10)11/h1-5,10H;1-3H,9H2,(H,10,11). The van der Waals surface area contributed by atoms with Gasteiger partial charge in [0.05, 0.1) is 5.56 Å². The molecule has 0 aliphatic heterocycles. The van der Waals surface area contributed by atoms with E-state index in [1.54, 1.807) is 12.1 Å². The predicted octanol–water partition coefficient (Wildman–Crippen LogP) is 4.34. The maximum absolute atomic E-state index is 10.5. The Morgan fingerprint density at radius 1 is 1.05 bits per heavy atom. The van der Waals surface area contributed by atoms with Gasteiger partial charge in [-0.3, -0.25) is 0 Å². The molecule has 4 nitrogen and oxygen atoms in total. The van der Waals surface area contributed by atoms with E-state index in [1.165, 1.54) is 20.5 Å². The van der Waals surface area contributed by atoms with E-state index in [-0.39, 0.29) is 5.56 Å². The largest absolute Gasteiger partial charge is 0.478 e. The van der Waals surface area contributed by atoms with E-state index in [0.29, 0.717) is 5.69 Å². The van der Waals surface area contributed by atoms with E-state index in [9.17, 15) is 4.79 Å². The van der Waals surface area contributed by atoms with Gasteiger partial charge in [0.2, 0.25) is 0 Å². The first kappa shape index (κ1) is 16.1. The molecule has 0 radical (unpaired) electrons. The van der Waals surface area contributed by atoms with Crippen molar-refractivity contribution in [3.63, 3.8) is 0 Å². The van der Waals surface area contributed by atoms with Gasteiger partial charge < -0.3 is 15.8 Å². The van der Waals surface area contributed by atoms with Gasteiger partial charge in [0, 0.05) is 29.9 Å². The third-order valence-electron chi connectivity index (χ3n) is 2.76. The maximum Gasteiger partial charge on any atom is 0.337 e. The number of hydrogen-bond acceptors (Lipinski definition) is 2. The topological polar surface area (TPSA) is 79.1 Å². The van der Waals surface area contributed by atoms with E-state index in [2.05, 4.69) is 51.8 Å². The number of carbonyl (C=O) groups is 1. The van der Waals surface area contributed by atoms with Crippen LogP contribution in [-0.4, -0.2) is 16.1 Å². The number of nitrogen functional groups attached to an aromatic ring is 1. The summed E-state index contributed by atoms with van der Waals surface area (Å²) < 4.78 is 2.15. The zero-order valence-electron chi connectivity index (χ0n) is 10.8. The number of anilines is 1. The molecule has 0 saturated carbocycles. The highest BCUT2D eigenvalue weighted by Crippen LogP contribution is 2.15. The number of aromatic amines is 1. The van der Waals surface area contributed by atoms with Crippen LogP contribution in [-0.2, 0) is 0 Å². The molecule has 3 aromatic rings. The second-order valence-electron chi connectivity index (χ2n) is 4.25. The molecule has 0 bridgehead atoms. The Labute approximate surface area is 149 Å². The van der Waals surface area contributed by atoms with Crippen LogP contribution in [0.2, 0.25) is 0 Å². The molecule has 0 atom stereocenters. The van der Waals surface area contributed by atoms with E-state index in [1.807, 2.05) is 28.8 Å². The van der Waals surface area contributed by atoms with Crippen LogP contribution in [0.15, 0.2) is 48.7 Å². The Morgan fingerprint density at radius 2 is 1.71 bits per heavy atom. The molecule has 0 spiro atoms. The highest BCUT2D eigenvalue weighted by atomic mass is 127. The van der Waals surface area contributed by atoms with Crippen molar-refractivity contribution in [1.29, 1.82) is 0 Å². The Bertz CT molecular complexity index is 784. The average Bonchev–Trinajstić information content (AvgIpc) is 2.89. The predicted molar refractivity (Wildman–Crippen MR) is 102 cm³/mol. The summed E-state index contributed by atoms with van der Waals surface area (Å²) in [5, 5.41) is 9.89. The quantitative estimate of drug-likeness (QED) is 0.340. The molecule has 0 fully saturated rings. The Kier molecular flexibility index (Phi) is 5.45. The van der Waals surface area contributed by atoms with E-state index < -0.39 is 5.97 Å². The zero-order valence-corrected chi connectivity index (χ0v) is 15.1. The van der Waals surface area contributed by atoms with Crippen LogP contribution in [0.25, 0.3) is 10.9 Å². The van der Waals surface area contributed by atoms with Crippen molar-refractivity contribution >= 4 is 67.7 Å². The van der Waals surface area contributed by atoms with Crippen molar-refractivity contribution in [2.75, 3.05) is 5.73 Å². The van der Waals surface area contributed by atoms with Crippen molar-refractivity contribution in [2.45, 2.75) is 0 Å². The number of aromatic nitrogens is 1. The zero-order chi connectivity index (χ0) is 15.4. The van der Waals surface area contributed by atoms with Crippen LogP contribution in [0.4, 0.5) is 5.69 Å². The second-order valence-corrected chi connectivity index (χ2v) is 6.74. The molecule has 2 aromatic carbocycles. The fraction of sp³-hybridized carbons (Fsp3) is 0. The Morgan fingerprint density at radius 3 is 2.38 bits per heavy atom. The highest BCUT2D eigenvalue weighted by molar-refractivity contribution is 14.1. The fourth-order valence-electron chi connectivity index (χ4n) is 1.74. The van der Waals surface area contributed by atoms with Crippen LogP contribution >= 0.6 is 45.2 Å². The molecule has 1 aromatic heterocycles. The highest BCUT2D eigenvalue weighted by Gasteiger charge is 2.06. The van der Waals surface area contributed by atoms with E-state index in [4.69, 9.17) is 10.8 Å². The summed E-state index contributed by atoms with van der Waals surface area (Å²) in [5.74, 6) is -0.985. The molecule has 0 amide bonds. The van der Waals surface area contributed by atoms with Gasteiger partial charge in [-0.2, -0.15) is 0 Å². The maximum atomic E-state index is 10.5. The minimum Gasteiger partial charge on any atom is -0.478 e. The van der Waals surface area contributed by atoms with E-state index >= 15 is 0 Å². The molecule has 0 aliphatic carbocycles. The number of H-pyrrole nitrogens is 1. The van der Waals surface area contributed by atoms with Crippen molar-refractivity contribution in [1.82, 2.24) is 4.98 Å². The fourth-order valence-corrected chi connectivity index (χ4v) is 2.74. The lowest BCUT2D eigenvalue weighted by atomic mass is 10.2. The van der Waals surface area contributed by atoms with Crippen LogP contribution in [0.5, 0.6) is 0 Å². The van der Waals surface area contributed by atoms with Crippen LogP contribution in [0, 0.1) is 7.14 Å². The van der Waals surface area contributed by atoms with Crippen molar-refractivity contribution in [3.05, 3.63) is 61.4 Å². The molecule has 0 saturated heterocycles. The van der Waals surface area contributed by atoms with Crippen molar-refractivity contribution in [3.8, 4) is 0 Å². The number of carboxylic acid groups (broad SMARTS) is 1. The van der Waals surface area contributed by atoms with Gasteiger partial charge in [-0.15, -0.1) is 0 Å². The van der Waals surface area contributed by atoms with Gasteiger partial charge in [0.15, 0.2) is 0 Å². The SMILES string of the molecule is Ic1ccc2[nH]ccc2c1.Nc1ccc(I)cc1C(=O)O. The number of halogens is 2. The summed E-state index contributed by atoms with van der Waals surface area (Å²) in [6.45, 7) is 0. The summed E-state index contributed by atoms with van der Waals surface area (Å²) in [7, 11) is 0. The van der Waals surface area contributed by atoms with Crippen LogP contribution in [0.1, 0.15) is 10.4 Å². The monoisotopic (exact) mass is 506 g/mol. The molecule has 0 aliphatic rings. The Balaban J connectivity index is 0.000000154. The number of rotatable bonds is 1. The van der Waals surface area contributed by atoms with Crippen molar-refractivity contribution < 1.29 is 9.90 Å². The summed E-state index contributed by atoms with van der Waals surface area (Å²) in [6, 6.07) is 13.3. The first-order valence-electron chi connectivity index (χ1n) is 5.98. The molecular formula is C15H12I2N2O2. The number of aromatic carboxylic acids is 1. The Hall–Kier alpha value is -1.29. The smallest absolute Gasteiger partial charge is 0.337 e. The lowest BCUT2D eigenvalue weighted by Crippen LogP contribution is -2.02. The molecule has 6 heteroatoms. The summed E-state index contributed by atoms with van der Waals surface area (Å²) >= 11 is 4.35. The molecule has 4 N–H and O–H groups in total. The second kappa shape index (κ2) is 7.12. The lowest BCUT2D eigenvalue weighted by molar-refractivity contribution is 0.0698.